The molecule has 0 saturated heterocycles. The van der Waals surface area contributed by atoms with Crippen LogP contribution in [0.3, 0.4) is 0 Å². The summed E-state index contributed by atoms with van der Waals surface area (Å²) in [4.78, 5) is 15.0. The minimum Gasteiger partial charge on any atom is -0.309 e. The largest absolute Gasteiger partial charge is 0.309 e. The molecule has 4 heteroatoms. The Balaban J connectivity index is 0.951. The van der Waals surface area contributed by atoms with Gasteiger partial charge in [-0.25, -0.2) is 15.0 Å². The van der Waals surface area contributed by atoms with Crippen LogP contribution in [0.15, 0.2) is 218 Å². The average molecular weight is 777 g/mol. The fourth-order valence-corrected chi connectivity index (χ4v) is 9.08. The molecule has 61 heavy (non-hydrogen) atoms. The molecule has 0 atom stereocenters. The van der Waals surface area contributed by atoms with Crippen LogP contribution in [0.4, 0.5) is 0 Å². The lowest BCUT2D eigenvalue weighted by Crippen LogP contribution is -2.00. The third-order valence-electron chi connectivity index (χ3n) is 12.0. The maximum atomic E-state index is 5.05. The van der Waals surface area contributed by atoms with E-state index in [2.05, 4.69) is 162 Å². The lowest BCUT2D eigenvalue weighted by Gasteiger charge is -2.14. The summed E-state index contributed by atoms with van der Waals surface area (Å²) in [6, 6.07) is 77.7. The molecule has 284 valence electrons. The smallest absolute Gasteiger partial charge is 0.164 e. The van der Waals surface area contributed by atoms with Gasteiger partial charge in [-0.05, 0) is 97.0 Å². The zero-order valence-corrected chi connectivity index (χ0v) is 33.1. The Labute approximate surface area is 352 Å². The maximum Gasteiger partial charge on any atom is 0.164 e. The molecule has 0 spiro atoms. The molecule has 0 aliphatic heterocycles. The Morgan fingerprint density at radius 3 is 1.21 bits per heavy atom. The molecule has 0 N–H and O–H groups in total. The van der Waals surface area contributed by atoms with Crippen molar-refractivity contribution in [3.05, 3.63) is 218 Å². The third kappa shape index (κ3) is 5.96. The number of nitrogens with zero attached hydrogens (tertiary/aromatic N) is 4. The highest BCUT2D eigenvalue weighted by Gasteiger charge is 2.17. The van der Waals surface area contributed by atoms with E-state index in [1.54, 1.807) is 0 Å². The summed E-state index contributed by atoms with van der Waals surface area (Å²) in [7, 11) is 0. The van der Waals surface area contributed by atoms with Crippen LogP contribution in [0.25, 0.3) is 116 Å². The molecule has 0 radical (unpaired) electrons. The molecule has 0 saturated carbocycles. The first-order valence-electron chi connectivity index (χ1n) is 20.7. The van der Waals surface area contributed by atoms with Crippen LogP contribution in [0.5, 0.6) is 0 Å². The molecule has 0 bridgehead atoms. The molecule has 4 nitrogen and oxygen atoms in total. The first-order chi connectivity index (χ1) is 30.2. The van der Waals surface area contributed by atoms with Gasteiger partial charge in [0.05, 0.1) is 11.0 Å². The van der Waals surface area contributed by atoms with Crippen LogP contribution in [-0.4, -0.2) is 19.5 Å². The molecule has 10 aromatic carbocycles. The lowest BCUT2D eigenvalue weighted by atomic mass is 9.91. The Kier molecular flexibility index (Phi) is 8.13. The zero-order chi connectivity index (χ0) is 40.3. The molecule has 2 heterocycles. The summed E-state index contributed by atoms with van der Waals surface area (Å²) in [5.74, 6) is 1.95. The van der Waals surface area contributed by atoms with E-state index in [4.69, 9.17) is 15.0 Å². The SMILES string of the molecule is c1ccc(-c2nc(-c3ccccc3)nc(-c3ccc4c5ccccc5c5cc(-c6ccc(-c7ccc8c(c7)c7ccccc7n8-c7ccccc7)cc6)ccc5c4c3)n2)cc1. The van der Waals surface area contributed by atoms with Crippen molar-refractivity contribution in [2.75, 3.05) is 0 Å². The minimum atomic E-state index is 0.647. The van der Waals surface area contributed by atoms with Crippen molar-refractivity contribution in [3.8, 4) is 62.1 Å². The molecular formula is C57H36N4. The van der Waals surface area contributed by atoms with Crippen LogP contribution in [0.1, 0.15) is 0 Å². The Morgan fingerprint density at radius 1 is 0.230 bits per heavy atom. The summed E-state index contributed by atoms with van der Waals surface area (Å²) in [6.45, 7) is 0. The van der Waals surface area contributed by atoms with E-state index in [1.807, 2.05) is 60.7 Å². The lowest BCUT2D eigenvalue weighted by molar-refractivity contribution is 1.07. The molecule has 12 aromatic rings. The highest BCUT2D eigenvalue weighted by molar-refractivity contribution is 6.26. The standard InChI is InChI=1S/C57H36N4/c1-4-14-39(15-5-1)55-58-56(40-16-6-2-7-17-40)60-57(59-55)43-29-32-47-45-20-10-11-21-46(45)50-34-41(28-31-48(50)51(47)36-43)37-24-26-38(27-25-37)42-30-33-54-52(35-42)49-22-12-13-23-53(49)61(54)44-18-8-3-9-19-44/h1-36H. The molecule has 0 aliphatic carbocycles. The van der Waals surface area contributed by atoms with Gasteiger partial charge in [0.25, 0.3) is 0 Å². The van der Waals surface area contributed by atoms with Gasteiger partial charge in [-0.1, -0.05) is 176 Å². The minimum absolute atomic E-state index is 0.647. The van der Waals surface area contributed by atoms with E-state index in [0.29, 0.717) is 17.5 Å². The van der Waals surface area contributed by atoms with Crippen molar-refractivity contribution in [1.29, 1.82) is 0 Å². The van der Waals surface area contributed by atoms with Gasteiger partial charge in [0.15, 0.2) is 17.5 Å². The van der Waals surface area contributed by atoms with Gasteiger partial charge in [0.1, 0.15) is 0 Å². The summed E-state index contributed by atoms with van der Waals surface area (Å²) < 4.78 is 2.36. The predicted octanol–water partition coefficient (Wildman–Crippen LogP) is 14.8. The highest BCUT2D eigenvalue weighted by atomic mass is 15.0. The Bertz CT molecular complexity index is 3560. The van der Waals surface area contributed by atoms with Crippen LogP contribution in [-0.2, 0) is 0 Å². The maximum absolute atomic E-state index is 5.05. The summed E-state index contributed by atoms with van der Waals surface area (Å²) in [5, 5.41) is 9.74. The van der Waals surface area contributed by atoms with Gasteiger partial charge in [-0.15, -0.1) is 0 Å². The molecule has 0 amide bonds. The number of para-hydroxylation sites is 2. The summed E-state index contributed by atoms with van der Waals surface area (Å²) in [5.41, 5.74) is 11.2. The summed E-state index contributed by atoms with van der Waals surface area (Å²) >= 11 is 0. The quantitative estimate of drug-likeness (QED) is 0.158. The van der Waals surface area contributed by atoms with Crippen molar-refractivity contribution in [1.82, 2.24) is 19.5 Å². The highest BCUT2D eigenvalue weighted by Crippen LogP contribution is 2.40. The number of benzene rings is 10. The van der Waals surface area contributed by atoms with Crippen molar-refractivity contribution in [2.24, 2.45) is 0 Å². The van der Waals surface area contributed by atoms with E-state index < -0.39 is 0 Å². The van der Waals surface area contributed by atoms with Crippen LogP contribution < -0.4 is 0 Å². The van der Waals surface area contributed by atoms with Crippen molar-refractivity contribution >= 4 is 54.1 Å². The first-order valence-corrected chi connectivity index (χ1v) is 20.7. The van der Waals surface area contributed by atoms with Gasteiger partial charge in [-0.3, -0.25) is 0 Å². The number of rotatable bonds is 6. The third-order valence-corrected chi connectivity index (χ3v) is 12.0. The second-order valence-corrected chi connectivity index (χ2v) is 15.6. The number of aromatic nitrogens is 4. The van der Waals surface area contributed by atoms with E-state index in [1.165, 1.54) is 82.1 Å². The van der Waals surface area contributed by atoms with Crippen molar-refractivity contribution < 1.29 is 0 Å². The normalized spacial score (nSPS) is 11.6. The van der Waals surface area contributed by atoms with Crippen molar-refractivity contribution in [2.45, 2.75) is 0 Å². The van der Waals surface area contributed by atoms with Crippen LogP contribution in [0.2, 0.25) is 0 Å². The molecule has 0 fully saturated rings. The second-order valence-electron chi connectivity index (χ2n) is 15.6. The first kappa shape index (κ1) is 34.8. The monoisotopic (exact) mass is 776 g/mol. The van der Waals surface area contributed by atoms with Crippen LogP contribution in [0, 0.1) is 0 Å². The zero-order valence-electron chi connectivity index (χ0n) is 33.1. The Hall–Kier alpha value is -8.21. The van der Waals surface area contributed by atoms with Gasteiger partial charge in [-0.2, -0.15) is 0 Å². The molecule has 2 aromatic heterocycles. The van der Waals surface area contributed by atoms with Gasteiger partial charge in [0.2, 0.25) is 0 Å². The van der Waals surface area contributed by atoms with E-state index in [-0.39, 0.29) is 0 Å². The van der Waals surface area contributed by atoms with Crippen molar-refractivity contribution in [3.63, 3.8) is 0 Å². The Morgan fingerprint density at radius 2 is 0.607 bits per heavy atom. The molecular weight excluding hydrogens is 741 g/mol. The van der Waals surface area contributed by atoms with Gasteiger partial charge in [0, 0.05) is 33.2 Å². The van der Waals surface area contributed by atoms with E-state index in [9.17, 15) is 0 Å². The fourth-order valence-electron chi connectivity index (χ4n) is 9.08. The molecule has 0 aliphatic rings. The van der Waals surface area contributed by atoms with Gasteiger partial charge >= 0.3 is 0 Å². The van der Waals surface area contributed by atoms with E-state index in [0.717, 1.165) is 16.7 Å². The molecule has 12 rings (SSSR count). The summed E-state index contributed by atoms with van der Waals surface area (Å²) in [6.07, 6.45) is 0. The topological polar surface area (TPSA) is 43.6 Å². The van der Waals surface area contributed by atoms with Crippen LogP contribution >= 0.6 is 0 Å². The predicted molar refractivity (Wildman–Crippen MR) is 254 cm³/mol. The number of hydrogen-bond donors (Lipinski definition) is 0. The second kappa shape index (κ2) is 14.3. The average Bonchev–Trinajstić information content (AvgIpc) is 3.68. The fraction of sp³-hybridized carbons (Fsp3) is 0. The number of hydrogen-bond acceptors (Lipinski definition) is 3. The van der Waals surface area contributed by atoms with E-state index >= 15 is 0 Å². The number of fused-ring (bicyclic) bond motifs is 9. The molecule has 0 unspecified atom stereocenters. The van der Waals surface area contributed by atoms with Gasteiger partial charge < -0.3 is 4.57 Å².